The van der Waals surface area contributed by atoms with Crippen molar-refractivity contribution in [3.05, 3.63) is 71.7 Å². The molecule has 0 radical (unpaired) electrons. The quantitative estimate of drug-likeness (QED) is 0.660. The van der Waals surface area contributed by atoms with Gasteiger partial charge in [-0.3, -0.25) is 9.59 Å². The van der Waals surface area contributed by atoms with Gasteiger partial charge in [-0.1, -0.05) is 0 Å². The highest BCUT2D eigenvalue weighted by molar-refractivity contribution is 5.94. The SMILES string of the molecule is Cc1ccoc1C(=O)NC1CCN(C(=O)c2ccc(OCc3nccn3C)cc2)CC1. The van der Waals surface area contributed by atoms with Gasteiger partial charge < -0.3 is 23.9 Å². The zero-order chi connectivity index (χ0) is 21.8. The minimum absolute atomic E-state index is 0.0118. The van der Waals surface area contributed by atoms with Crippen molar-refractivity contribution in [1.82, 2.24) is 19.8 Å². The first-order valence-corrected chi connectivity index (χ1v) is 10.3. The van der Waals surface area contributed by atoms with Crippen LogP contribution in [0, 0.1) is 6.92 Å². The fourth-order valence-corrected chi connectivity index (χ4v) is 3.64. The first-order valence-electron chi connectivity index (χ1n) is 10.3. The van der Waals surface area contributed by atoms with E-state index in [1.165, 1.54) is 6.26 Å². The predicted molar refractivity (Wildman–Crippen MR) is 114 cm³/mol. The van der Waals surface area contributed by atoms with Crippen molar-refractivity contribution in [3.63, 3.8) is 0 Å². The second-order valence-electron chi connectivity index (χ2n) is 7.74. The zero-order valence-electron chi connectivity index (χ0n) is 17.7. The number of ether oxygens (including phenoxy) is 1. The third-order valence-corrected chi connectivity index (χ3v) is 5.58. The van der Waals surface area contributed by atoms with E-state index >= 15 is 0 Å². The third-order valence-electron chi connectivity index (χ3n) is 5.58. The summed E-state index contributed by atoms with van der Waals surface area (Å²) in [5, 5.41) is 3.00. The Labute approximate surface area is 180 Å². The van der Waals surface area contributed by atoms with E-state index in [0.717, 1.165) is 11.4 Å². The van der Waals surface area contributed by atoms with Crippen LogP contribution in [-0.2, 0) is 13.7 Å². The number of amides is 2. The van der Waals surface area contributed by atoms with Gasteiger partial charge in [0.1, 0.15) is 18.2 Å². The van der Waals surface area contributed by atoms with Crippen molar-refractivity contribution in [2.24, 2.45) is 7.05 Å². The van der Waals surface area contributed by atoms with E-state index in [4.69, 9.17) is 9.15 Å². The number of furan rings is 1. The van der Waals surface area contributed by atoms with Gasteiger partial charge in [-0.2, -0.15) is 0 Å². The normalized spacial score (nSPS) is 14.5. The highest BCUT2D eigenvalue weighted by atomic mass is 16.5. The lowest BCUT2D eigenvalue weighted by atomic mass is 10.0. The van der Waals surface area contributed by atoms with Crippen LogP contribution < -0.4 is 10.1 Å². The molecule has 2 amide bonds. The van der Waals surface area contributed by atoms with Crippen molar-refractivity contribution < 1.29 is 18.7 Å². The molecular formula is C23H26N4O4. The van der Waals surface area contributed by atoms with Crippen LogP contribution in [-0.4, -0.2) is 45.4 Å². The molecule has 1 aliphatic rings. The molecule has 4 rings (SSSR count). The van der Waals surface area contributed by atoms with Crippen molar-refractivity contribution in [3.8, 4) is 5.75 Å². The number of rotatable bonds is 6. The van der Waals surface area contributed by atoms with E-state index in [9.17, 15) is 9.59 Å². The fourth-order valence-electron chi connectivity index (χ4n) is 3.64. The van der Waals surface area contributed by atoms with Crippen molar-refractivity contribution in [2.75, 3.05) is 13.1 Å². The van der Waals surface area contributed by atoms with E-state index in [-0.39, 0.29) is 17.9 Å². The Bertz CT molecular complexity index is 1050. The number of nitrogens with zero attached hydrogens (tertiary/aromatic N) is 3. The van der Waals surface area contributed by atoms with Crippen LogP contribution in [0.4, 0.5) is 0 Å². The summed E-state index contributed by atoms with van der Waals surface area (Å²) in [6.07, 6.45) is 6.53. The molecule has 2 aromatic heterocycles. The second-order valence-corrected chi connectivity index (χ2v) is 7.74. The van der Waals surface area contributed by atoms with E-state index in [0.29, 0.717) is 49.6 Å². The van der Waals surface area contributed by atoms with Gasteiger partial charge >= 0.3 is 0 Å². The number of hydrogen-bond donors (Lipinski definition) is 1. The van der Waals surface area contributed by atoms with Crippen LogP contribution in [0.15, 0.2) is 53.4 Å². The van der Waals surface area contributed by atoms with Gasteiger partial charge in [0.15, 0.2) is 5.76 Å². The van der Waals surface area contributed by atoms with E-state index in [1.807, 2.05) is 29.6 Å². The average molecular weight is 422 g/mol. The van der Waals surface area contributed by atoms with Crippen molar-refractivity contribution >= 4 is 11.8 Å². The van der Waals surface area contributed by atoms with Gasteiger partial charge in [0, 0.05) is 49.7 Å². The van der Waals surface area contributed by atoms with Crippen molar-refractivity contribution in [1.29, 1.82) is 0 Å². The third kappa shape index (κ3) is 4.79. The molecule has 8 heteroatoms. The summed E-state index contributed by atoms with van der Waals surface area (Å²) in [7, 11) is 1.92. The summed E-state index contributed by atoms with van der Waals surface area (Å²) in [6, 6.07) is 8.96. The molecule has 0 saturated carbocycles. The van der Waals surface area contributed by atoms with Gasteiger partial charge in [0.25, 0.3) is 11.8 Å². The Morgan fingerprint density at radius 1 is 1.19 bits per heavy atom. The molecule has 8 nitrogen and oxygen atoms in total. The van der Waals surface area contributed by atoms with E-state index in [2.05, 4.69) is 10.3 Å². The Kier molecular flexibility index (Phi) is 6.06. The largest absolute Gasteiger partial charge is 0.486 e. The topological polar surface area (TPSA) is 89.6 Å². The number of carbonyl (C=O) groups is 2. The zero-order valence-corrected chi connectivity index (χ0v) is 17.7. The van der Waals surface area contributed by atoms with Crippen LogP contribution in [0.2, 0.25) is 0 Å². The number of aryl methyl sites for hydroxylation is 2. The Morgan fingerprint density at radius 3 is 2.55 bits per heavy atom. The molecule has 162 valence electrons. The lowest BCUT2D eigenvalue weighted by Crippen LogP contribution is -2.46. The molecule has 1 aromatic carbocycles. The lowest BCUT2D eigenvalue weighted by Gasteiger charge is -2.32. The first-order chi connectivity index (χ1) is 15.0. The highest BCUT2D eigenvalue weighted by Crippen LogP contribution is 2.18. The maximum absolute atomic E-state index is 12.8. The molecule has 1 saturated heterocycles. The molecule has 0 unspecified atom stereocenters. The fraction of sp³-hybridized carbons (Fsp3) is 0.348. The number of nitrogens with one attached hydrogen (secondary N) is 1. The van der Waals surface area contributed by atoms with E-state index in [1.54, 1.807) is 36.5 Å². The summed E-state index contributed by atoms with van der Waals surface area (Å²) in [6.45, 7) is 3.40. The number of carbonyl (C=O) groups excluding carboxylic acids is 2. The number of benzene rings is 1. The minimum atomic E-state index is -0.201. The molecule has 0 aliphatic carbocycles. The Balaban J connectivity index is 1.27. The van der Waals surface area contributed by atoms with Gasteiger partial charge in [-0.05, 0) is 50.1 Å². The van der Waals surface area contributed by atoms with Crippen LogP contribution in [0.5, 0.6) is 5.75 Å². The van der Waals surface area contributed by atoms with Crippen LogP contribution in [0.25, 0.3) is 0 Å². The molecule has 3 heterocycles. The summed E-state index contributed by atoms with van der Waals surface area (Å²) >= 11 is 0. The second kappa shape index (κ2) is 9.07. The maximum atomic E-state index is 12.8. The first kappa shape index (κ1) is 20.7. The van der Waals surface area contributed by atoms with Gasteiger partial charge in [-0.25, -0.2) is 4.98 Å². The Hall–Kier alpha value is -3.55. The van der Waals surface area contributed by atoms with Crippen LogP contribution in [0.3, 0.4) is 0 Å². The summed E-state index contributed by atoms with van der Waals surface area (Å²) < 4.78 is 12.9. The molecule has 1 aliphatic heterocycles. The average Bonchev–Trinajstić information content (AvgIpc) is 3.40. The molecule has 3 aromatic rings. The van der Waals surface area contributed by atoms with Gasteiger partial charge in [0.05, 0.1) is 6.26 Å². The lowest BCUT2D eigenvalue weighted by molar-refractivity contribution is 0.0695. The minimum Gasteiger partial charge on any atom is -0.486 e. The molecule has 1 N–H and O–H groups in total. The van der Waals surface area contributed by atoms with E-state index < -0.39 is 0 Å². The molecule has 0 atom stereocenters. The molecule has 0 spiro atoms. The predicted octanol–water partition coefficient (Wildman–Crippen LogP) is 2.94. The smallest absolute Gasteiger partial charge is 0.287 e. The number of likely N-dealkylation sites (tertiary alicyclic amines) is 1. The number of aromatic nitrogens is 2. The Morgan fingerprint density at radius 2 is 1.94 bits per heavy atom. The summed E-state index contributed by atoms with van der Waals surface area (Å²) in [4.78, 5) is 31.2. The summed E-state index contributed by atoms with van der Waals surface area (Å²) in [5.41, 5.74) is 1.44. The molecule has 0 bridgehead atoms. The number of piperidine rings is 1. The van der Waals surface area contributed by atoms with Crippen LogP contribution >= 0.6 is 0 Å². The molecule has 31 heavy (non-hydrogen) atoms. The highest BCUT2D eigenvalue weighted by Gasteiger charge is 2.26. The molecule has 1 fully saturated rings. The standard InChI is InChI=1S/C23H26N4O4/c1-16-9-14-30-21(16)22(28)25-18-7-11-27(12-8-18)23(29)17-3-5-19(6-4-17)31-15-20-24-10-13-26(20)2/h3-6,9-10,13-14,18H,7-8,11-12,15H2,1-2H3,(H,25,28). The maximum Gasteiger partial charge on any atom is 0.287 e. The van der Waals surface area contributed by atoms with Gasteiger partial charge in [-0.15, -0.1) is 0 Å². The monoisotopic (exact) mass is 422 g/mol. The number of imidazole rings is 1. The summed E-state index contributed by atoms with van der Waals surface area (Å²) in [5.74, 6) is 1.66. The van der Waals surface area contributed by atoms with Crippen molar-refractivity contribution in [2.45, 2.75) is 32.4 Å². The van der Waals surface area contributed by atoms with Gasteiger partial charge in [0.2, 0.25) is 0 Å². The molecular weight excluding hydrogens is 396 g/mol. The van der Waals surface area contributed by atoms with Crippen LogP contribution in [0.1, 0.15) is 45.1 Å². The number of hydrogen-bond acceptors (Lipinski definition) is 5.